The van der Waals surface area contributed by atoms with E-state index in [1.54, 1.807) is 6.92 Å². The first-order chi connectivity index (χ1) is 8.76. The number of nitrogens with zero attached hydrogens (tertiary/aromatic N) is 1. The average molecular weight is 331 g/mol. The van der Waals surface area contributed by atoms with E-state index in [1.165, 1.54) is 17.0 Å². The van der Waals surface area contributed by atoms with Crippen LogP contribution < -0.4 is 5.73 Å². The van der Waals surface area contributed by atoms with Crippen molar-refractivity contribution in [3.8, 4) is 0 Å². The first-order valence-corrected chi connectivity index (χ1v) is 6.32. The standard InChI is InChI=1S/C12H12BrFN2O3/c1-6-7(13)2-3-8(14)9(6)10(17)16-4-12(19,5-16)11(15)18/h2-3,19H,4-5H2,1H3,(H2,15,18). The van der Waals surface area contributed by atoms with Crippen LogP contribution in [-0.2, 0) is 4.79 Å². The van der Waals surface area contributed by atoms with Gasteiger partial charge in [-0.2, -0.15) is 0 Å². The summed E-state index contributed by atoms with van der Waals surface area (Å²) in [6.45, 7) is 1.18. The van der Waals surface area contributed by atoms with Crippen molar-refractivity contribution >= 4 is 27.7 Å². The zero-order chi connectivity index (χ0) is 14.4. The number of amides is 2. The van der Waals surface area contributed by atoms with Crippen LogP contribution in [0.2, 0.25) is 0 Å². The summed E-state index contributed by atoms with van der Waals surface area (Å²) in [4.78, 5) is 24.3. The summed E-state index contributed by atoms with van der Waals surface area (Å²) >= 11 is 3.22. The van der Waals surface area contributed by atoms with Crippen molar-refractivity contribution < 1.29 is 19.1 Å². The Morgan fingerprint density at radius 3 is 2.58 bits per heavy atom. The maximum absolute atomic E-state index is 13.7. The van der Waals surface area contributed by atoms with E-state index in [0.29, 0.717) is 10.0 Å². The molecule has 0 spiro atoms. The Morgan fingerprint density at radius 1 is 1.47 bits per heavy atom. The molecular formula is C12H12BrFN2O3. The molecule has 2 rings (SSSR count). The van der Waals surface area contributed by atoms with Gasteiger partial charge in [0.25, 0.3) is 11.8 Å². The van der Waals surface area contributed by atoms with Crippen LogP contribution >= 0.6 is 15.9 Å². The van der Waals surface area contributed by atoms with Gasteiger partial charge in [-0.05, 0) is 24.6 Å². The highest BCUT2D eigenvalue weighted by Gasteiger charge is 2.49. The minimum absolute atomic E-state index is 0.0686. The van der Waals surface area contributed by atoms with Crippen molar-refractivity contribution in [2.24, 2.45) is 5.73 Å². The van der Waals surface area contributed by atoms with Gasteiger partial charge in [-0.3, -0.25) is 9.59 Å². The average Bonchev–Trinajstić information content (AvgIpc) is 2.29. The molecule has 0 radical (unpaired) electrons. The van der Waals surface area contributed by atoms with Crippen molar-refractivity contribution in [2.75, 3.05) is 13.1 Å². The predicted molar refractivity (Wildman–Crippen MR) is 68.9 cm³/mol. The topological polar surface area (TPSA) is 83.6 Å². The van der Waals surface area contributed by atoms with E-state index in [1.807, 2.05) is 0 Å². The number of nitrogens with two attached hydrogens (primary N) is 1. The number of primary amides is 1. The lowest BCUT2D eigenvalue weighted by Gasteiger charge is -2.44. The molecule has 1 aliphatic heterocycles. The summed E-state index contributed by atoms with van der Waals surface area (Å²) in [6.07, 6.45) is 0. The molecule has 0 aromatic heterocycles. The summed E-state index contributed by atoms with van der Waals surface area (Å²) in [7, 11) is 0. The molecule has 0 atom stereocenters. The van der Waals surface area contributed by atoms with Gasteiger partial charge in [0.1, 0.15) is 5.82 Å². The third-order valence-corrected chi connectivity index (χ3v) is 4.07. The number of halogens is 2. The Kier molecular flexibility index (Phi) is 3.36. The molecule has 1 aromatic rings. The van der Waals surface area contributed by atoms with Crippen LogP contribution in [-0.4, -0.2) is 40.5 Å². The van der Waals surface area contributed by atoms with Gasteiger partial charge in [0, 0.05) is 4.47 Å². The van der Waals surface area contributed by atoms with Gasteiger partial charge in [0.2, 0.25) is 0 Å². The van der Waals surface area contributed by atoms with Crippen LogP contribution in [0.1, 0.15) is 15.9 Å². The number of rotatable bonds is 2. The summed E-state index contributed by atoms with van der Waals surface area (Å²) in [6, 6.07) is 2.70. The van der Waals surface area contributed by atoms with E-state index in [4.69, 9.17) is 5.73 Å². The van der Waals surface area contributed by atoms with E-state index in [-0.39, 0.29) is 18.7 Å². The molecule has 0 aliphatic carbocycles. The van der Waals surface area contributed by atoms with E-state index in [0.717, 1.165) is 0 Å². The molecule has 1 fully saturated rings. The number of carbonyl (C=O) groups excluding carboxylic acids is 2. The summed E-state index contributed by atoms with van der Waals surface area (Å²) in [5.41, 5.74) is 3.71. The smallest absolute Gasteiger partial charge is 0.257 e. The fourth-order valence-electron chi connectivity index (χ4n) is 1.96. The Balaban J connectivity index is 2.24. The minimum atomic E-state index is -1.70. The van der Waals surface area contributed by atoms with Gasteiger partial charge < -0.3 is 15.7 Å². The lowest BCUT2D eigenvalue weighted by atomic mass is 9.92. The highest BCUT2D eigenvalue weighted by atomic mass is 79.9. The van der Waals surface area contributed by atoms with E-state index in [9.17, 15) is 19.1 Å². The highest BCUT2D eigenvalue weighted by Crippen LogP contribution is 2.28. The van der Waals surface area contributed by atoms with Crippen molar-refractivity contribution in [2.45, 2.75) is 12.5 Å². The molecule has 1 heterocycles. The van der Waals surface area contributed by atoms with Crippen LogP contribution in [0.5, 0.6) is 0 Å². The third kappa shape index (κ3) is 2.23. The quantitative estimate of drug-likeness (QED) is 0.831. The number of carbonyl (C=O) groups is 2. The number of aliphatic hydroxyl groups is 1. The van der Waals surface area contributed by atoms with Crippen LogP contribution in [0.25, 0.3) is 0 Å². The van der Waals surface area contributed by atoms with Crippen LogP contribution in [0.4, 0.5) is 4.39 Å². The van der Waals surface area contributed by atoms with Gasteiger partial charge >= 0.3 is 0 Å². The van der Waals surface area contributed by atoms with Crippen molar-refractivity contribution in [1.29, 1.82) is 0 Å². The molecule has 0 unspecified atom stereocenters. The zero-order valence-electron chi connectivity index (χ0n) is 10.1. The zero-order valence-corrected chi connectivity index (χ0v) is 11.7. The molecule has 1 aliphatic rings. The molecule has 7 heteroatoms. The first kappa shape index (κ1) is 14.0. The van der Waals surface area contributed by atoms with Crippen LogP contribution in [0.15, 0.2) is 16.6 Å². The Labute approximate surface area is 117 Å². The number of hydrogen-bond acceptors (Lipinski definition) is 3. The predicted octanol–water partition coefficient (Wildman–Crippen LogP) is 0.569. The lowest BCUT2D eigenvalue weighted by molar-refractivity contribution is -0.151. The first-order valence-electron chi connectivity index (χ1n) is 5.52. The second-order valence-electron chi connectivity index (χ2n) is 4.59. The number of benzene rings is 1. The molecule has 5 nitrogen and oxygen atoms in total. The number of β-amino-alcohol motifs (C(OH)–C–C–N with tert-alkyl or cyclic N) is 1. The normalized spacial score (nSPS) is 16.9. The highest BCUT2D eigenvalue weighted by molar-refractivity contribution is 9.10. The largest absolute Gasteiger partial charge is 0.377 e. The third-order valence-electron chi connectivity index (χ3n) is 3.21. The second-order valence-corrected chi connectivity index (χ2v) is 5.44. The van der Waals surface area contributed by atoms with E-state index in [2.05, 4.69) is 15.9 Å². The maximum Gasteiger partial charge on any atom is 0.257 e. The van der Waals surface area contributed by atoms with Crippen molar-refractivity contribution in [3.05, 3.63) is 33.5 Å². The van der Waals surface area contributed by atoms with Crippen LogP contribution in [0, 0.1) is 12.7 Å². The number of hydrogen-bond donors (Lipinski definition) is 2. The lowest BCUT2D eigenvalue weighted by Crippen LogP contribution is -2.69. The van der Waals surface area contributed by atoms with Crippen molar-refractivity contribution in [1.82, 2.24) is 4.90 Å². The van der Waals surface area contributed by atoms with E-state index < -0.39 is 23.2 Å². The summed E-state index contributed by atoms with van der Waals surface area (Å²) < 4.78 is 14.3. The van der Waals surface area contributed by atoms with Gasteiger partial charge in [0.05, 0.1) is 18.7 Å². The van der Waals surface area contributed by atoms with Crippen molar-refractivity contribution in [3.63, 3.8) is 0 Å². The van der Waals surface area contributed by atoms with Crippen LogP contribution in [0.3, 0.4) is 0 Å². The number of likely N-dealkylation sites (tertiary alicyclic amines) is 1. The maximum atomic E-state index is 13.7. The van der Waals surface area contributed by atoms with Gasteiger partial charge in [0.15, 0.2) is 5.60 Å². The van der Waals surface area contributed by atoms with Gasteiger partial charge in [-0.1, -0.05) is 15.9 Å². The molecule has 0 bridgehead atoms. The molecule has 2 amide bonds. The molecule has 19 heavy (non-hydrogen) atoms. The monoisotopic (exact) mass is 330 g/mol. The summed E-state index contributed by atoms with van der Waals surface area (Å²) in [5.74, 6) is -2.09. The molecule has 0 saturated carbocycles. The fraction of sp³-hybridized carbons (Fsp3) is 0.333. The molecule has 3 N–H and O–H groups in total. The molecule has 1 saturated heterocycles. The molecule has 1 aromatic carbocycles. The van der Waals surface area contributed by atoms with E-state index >= 15 is 0 Å². The molecular weight excluding hydrogens is 319 g/mol. The Hall–Kier alpha value is -1.47. The van der Waals surface area contributed by atoms with Gasteiger partial charge in [-0.25, -0.2) is 4.39 Å². The Bertz CT molecular complexity index is 570. The molecule has 102 valence electrons. The Morgan fingerprint density at radius 2 is 2.05 bits per heavy atom. The minimum Gasteiger partial charge on any atom is -0.377 e. The SMILES string of the molecule is Cc1c(Br)ccc(F)c1C(=O)N1CC(O)(C(N)=O)C1. The fourth-order valence-corrected chi connectivity index (χ4v) is 2.29. The summed E-state index contributed by atoms with van der Waals surface area (Å²) in [5, 5.41) is 9.68. The second kappa shape index (κ2) is 4.57. The van der Waals surface area contributed by atoms with Gasteiger partial charge in [-0.15, -0.1) is 0 Å².